The number of hydrogen-bond donors (Lipinski definition) is 0. The van der Waals surface area contributed by atoms with Gasteiger partial charge in [-0.1, -0.05) is 6.07 Å². The Morgan fingerprint density at radius 1 is 1.14 bits per heavy atom. The molecule has 22 heavy (non-hydrogen) atoms. The highest BCUT2D eigenvalue weighted by molar-refractivity contribution is 7.12. The number of amides is 1. The number of nitrogens with zero attached hydrogens (tertiary/aromatic N) is 2. The zero-order valence-corrected chi connectivity index (χ0v) is 14.1. The Morgan fingerprint density at radius 2 is 1.82 bits per heavy atom. The van der Waals surface area contributed by atoms with Gasteiger partial charge in [0.2, 0.25) is 0 Å². The highest BCUT2D eigenvalue weighted by Gasteiger charge is 2.39. The normalized spacial score (nSPS) is 25.5. The zero-order valence-electron chi connectivity index (χ0n) is 13.3. The molecule has 1 spiro atoms. The van der Waals surface area contributed by atoms with Crippen LogP contribution in [-0.4, -0.2) is 48.4 Å². The molecule has 2 saturated heterocycles. The van der Waals surface area contributed by atoms with E-state index < -0.39 is 0 Å². The van der Waals surface area contributed by atoms with Gasteiger partial charge in [0.1, 0.15) is 0 Å². The molecule has 1 aromatic rings. The molecule has 3 aliphatic rings. The van der Waals surface area contributed by atoms with Crippen molar-refractivity contribution in [2.45, 2.75) is 38.5 Å². The van der Waals surface area contributed by atoms with E-state index in [2.05, 4.69) is 9.80 Å². The summed E-state index contributed by atoms with van der Waals surface area (Å²) in [4.78, 5) is 18.1. The standard InChI is InChI=1S/C18H26N2OS/c21-17(16-2-1-13-22-16)20-11-7-18(8-12-20)5-9-19(10-6-18)14-15-3-4-15/h1-2,13,15H,3-12,14H2. The number of rotatable bonds is 3. The Bertz CT molecular complexity index is 505. The molecule has 1 amide bonds. The van der Waals surface area contributed by atoms with Gasteiger partial charge in [-0.25, -0.2) is 0 Å². The summed E-state index contributed by atoms with van der Waals surface area (Å²) < 4.78 is 0. The minimum atomic E-state index is 0.246. The van der Waals surface area contributed by atoms with Crippen LogP contribution in [0.1, 0.15) is 48.2 Å². The molecule has 4 rings (SSSR count). The van der Waals surface area contributed by atoms with Crippen LogP contribution in [0.2, 0.25) is 0 Å². The Labute approximate surface area is 137 Å². The van der Waals surface area contributed by atoms with Crippen LogP contribution in [0.3, 0.4) is 0 Å². The molecule has 1 saturated carbocycles. The Hall–Kier alpha value is -0.870. The SMILES string of the molecule is O=C(c1cccs1)N1CCC2(CCN(CC3CC3)CC2)CC1. The lowest BCUT2D eigenvalue weighted by Gasteiger charge is -2.47. The van der Waals surface area contributed by atoms with E-state index in [-0.39, 0.29) is 5.91 Å². The number of thiophene rings is 1. The first-order chi connectivity index (χ1) is 10.7. The van der Waals surface area contributed by atoms with Gasteiger partial charge >= 0.3 is 0 Å². The summed E-state index contributed by atoms with van der Waals surface area (Å²) in [5, 5.41) is 1.99. The lowest BCUT2D eigenvalue weighted by molar-refractivity contribution is 0.0295. The molecule has 0 atom stereocenters. The van der Waals surface area contributed by atoms with Crippen LogP contribution >= 0.6 is 11.3 Å². The molecule has 0 bridgehead atoms. The lowest BCUT2D eigenvalue weighted by Crippen LogP contribution is -2.48. The van der Waals surface area contributed by atoms with Gasteiger partial charge in [-0.3, -0.25) is 4.79 Å². The quantitative estimate of drug-likeness (QED) is 0.852. The first-order valence-electron chi connectivity index (χ1n) is 8.79. The molecule has 1 aliphatic carbocycles. The minimum absolute atomic E-state index is 0.246. The van der Waals surface area contributed by atoms with Crippen LogP contribution in [0, 0.1) is 11.3 Å². The fraction of sp³-hybridized carbons (Fsp3) is 0.722. The van der Waals surface area contributed by atoms with E-state index in [4.69, 9.17) is 0 Å². The molecule has 1 aromatic heterocycles. The van der Waals surface area contributed by atoms with Crippen molar-refractivity contribution in [3.63, 3.8) is 0 Å². The second kappa shape index (κ2) is 5.97. The highest BCUT2D eigenvalue weighted by atomic mass is 32.1. The summed E-state index contributed by atoms with van der Waals surface area (Å²) >= 11 is 1.57. The topological polar surface area (TPSA) is 23.6 Å². The predicted molar refractivity (Wildman–Crippen MR) is 90.3 cm³/mol. The molecule has 3 heterocycles. The summed E-state index contributed by atoms with van der Waals surface area (Å²) in [6, 6.07) is 3.92. The number of hydrogen-bond acceptors (Lipinski definition) is 3. The second-order valence-corrected chi connectivity index (χ2v) is 8.46. The molecule has 3 fully saturated rings. The van der Waals surface area contributed by atoms with Crippen molar-refractivity contribution in [3.8, 4) is 0 Å². The van der Waals surface area contributed by atoms with Gasteiger partial charge in [-0.05, 0) is 74.4 Å². The first kappa shape index (κ1) is 14.7. The van der Waals surface area contributed by atoms with Crippen LogP contribution in [0.4, 0.5) is 0 Å². The van der Waals surface area contributed by atoms with E-state index in [9.17, 15) is 4.79 Å². The average molecular weight is 318 g/mol. The fourth-order valence-electron chi connectivity index (χ4n) is 4.12. The summed E-state index contributed by atoms with van der Waals surface area (Å²) in [5.74, 6) is 1.26. The molecule has 120 valence electrons. The first-order valence-corrected chi connectivity index (χ1v) is 9.67. The van der Waals surface area contributed by atoms with Gasteiger partial charge in [0.25, 0.3) is 5.91 Å². The van der Waals surface area contributed by atoms with Crippen LogP contribution in [-0.2, 0) is 0 Å². The van der Waals surface area contributed by atoms with Gasteiger partial charge < -0.3 is 9.80 Å². The zero-order chi connectivity index (χ0) is 15.0. The highest BCUT2D eigenvalue weighted by Crippen LogP contribution is 2.42. The molecule has 3 nitrogen and oxygen atoms in total. The maximum absolute atomic E-state index is 12.4. The van der Waals surface area contributed by atoms with Gasteiger partial charge in [-0.2, -0.15) is 0 Å². The van der Waals surface area contributed by atoms with E-state index >= 15 is 0 Å². The molecule has 4 heteroatoms. The molecule has 0 aromatic carbocycles. The van der Waals surface area contributed by atoms with Crippen LogP contribution in [0.15, 0.2) is 17.5 Å². The number of carbonyl (C=O) groups is 1. The average Bonchev–Trinajstić information content (AvgIpc) is 3.19. The molecular formula is C18H26N2OS. The van der Waals surface area contributed by atoms with Crippen molar-refractivity contribution in [1.29, 1.82) is 0 Å². The predicted octanol–water partition coefficient (Wildman–Crippen LogP) is 3.48. The maximum atomic E-state index is 12.4. The molecular weight excluding hydrogens is 292 g/mol. The number of piperidine rings is 2. The smallest absolute Gasteiger partial charge is 0.263 e. The fourth-order valence-corrected chi connectivity index (χ4v) is 4.81. The van der Waals surface area contributed by atoms with Gasteiger partial charge in [0.05, 0.1) is 4.88 Å². The van der Waals surface area contributed by atoms with E-state index in [1.165, 1.54) is 58.2 Å². The van der Waals surface area contributed by atoms with Crippen LogP contribution in [0.25, 0.3) is 0 Å². The second-order valence-electron chi connectivity index (χ2n) is 7.51. The van der Waals surface area contributed by atoms with E-state index in [1.807, 2.05) is 17.5 Å². The Kier molecular flexibility index (Phi) is 3.99. The van der Waals surface area contributed by atoms with Crippen molar-refractivity contribution in [3.05, 3.63) is 22.4 Å². The third-order valence-electron chi connectivity index (χ3n) is 5.97. The van der Waals surface area contributed by atoms with Crippen LogP contribution < -0.4 is 0 Å². The van der Waals surface area contributed by atoms with Crippen molar-refractivity contribution < 1.29 is 4.79 Å². The number of likely N-dealkylation sites (tertiary alicyclic amines) is 2. The number of carbonyl (C=O) groups excluding carboxylic acids is 1. The van der Waals surface area contributed by atoms with Gasteiger partial charge in [0, 0.05) is 19.6 Å². The third-order valence-corrected chi connectivity index (χ3v) is 6.83. The molecule has 0 radical (unpaired) electrons. The monoisotopic (exact) mass is 318 g/mol. The van der Waals surface area contributed by atoms with Crippen molar-refractivity contribution >= 4 is 17.2 Å². The Morgan fingerprint density at radius 3 is 2.41 bits per heavy atom. The Balaban J connectivity index is 1.29. The van der Waals surface area contributed by atoms with Crippen molar-refractivity contribution in [2.24, 2.45) is 11.3 Å². The minimum Gasteiger partial charge on any atom is -0.338 e. The molecule has 0 unspecified atom stereocenters. The summed E-state index contributed by atoms with van der Waals surface area (Å²) in [6.45, 7) is 5.84. The van der Waals surface area contributed by atoms with Crippen molar-refractivity contribution in [2.75, 3.05) is 32.7 Å². The van der Waals surface area contributed by atoms with Gasteiger partial charge in [-0.15, -0.1) is 11.3 Å². The lowest BCUT2D eigenvalue weighted by atomic mass is 9.71. The van der Waals surface area contributed by atoms with Crippen molar-refractivity contribution in [1.82, 2.24) is 9.80 Å². The van der Waals surface area contributed by atoms with E-state index in [0.717, 1.165) is 23.9 Å². The summed E-state index contributed by atoms with van der Waals surface area (Å²) in [5.41, 5.74) is 0.534. The maximum Gasteiger partial charge on any atom is 0.263 e. The van der Waals surface area contributed by atoms with E-state index in [0.29, 0.717) is 5.41 Å². The molecule has 0 N–H and O–H groups in total. The van der Waals surface area contributed by atoms with E-state index in [1.54, 1.807) is 11.3 Å². The molecule has 2 aliphatic heterocycles. The summed E-state index contributed by atoms with van der Waals surface area (Å²) in [6.07, 6.45) is 8.03. The van der Waals surface area contributed by atoms with Crippen LogP contribution in [0.5, 0.6) is 0 Å². The summed E-state index contributed by atoms with van der Waals surface area (Å²) in [7, 11) is 0. The largest absolute Gasteiger partial charge is 0.338 e. The van der Waals surface area contributed by atoms with Gasteiger partial charge in [0.15, 0.2) is 0 Å². The third kappa shape index (κ3) is 3.09.